The summed E-state index contributed by atoms with van der Waals surface area (Å²) in [5, 5.41) is 18.9. The van der Waals surface area contributed by atoms with Crippen LogP contribution < -0.4 is 0 Å². The van der Waals surface area contributed by atoms with E-state index >= 15 is 0 Å². The van der Waals surface area contributed by atoms with Crippen LogP contribution in [0, 0.1) is 0 Å². The highest BCUT2D eigenvalue weighted by Crippen LogP contribution is 2.19. The Balaban J connectivity index is 1.87. The van der Waals surface area contributed by atoms with Gasteiger partial charge in [-0.1, -0.05) is 39.0 Å². The molecule has 1 fully saturated rings. The fourth-order valence-electron chi connectivity index (χ4n) is 2.00. The molecule has 3 atom stereocenters. The molecule has 0 amide bonds. The van der Waals surface area contributed by atoms with Crippen LogP contribution >= 0.6 is 11.8 Å². The lowest BCUT2D eigenvalue weighted by molar-refractivity contribution is 0.0337. The van der Waals surface area contributed by atoms with Crippen LogP contribution in [-0.2, 0) is 4.74 Å². The predicted octanol–water partition coefficient (Wildman–Crippen LogP) is 2.20. The van der Waals surface area contributed by atoms with Gasteiger partial charge in [0, 0.05) is 5.75 Å². The van der Waals surface area contributed by atoms with E-state index in [9.17, 15) is 10.2 Å². The number of aliphatic hydroxyl groups excluding tert-OH is 2. The third-order valence-electron chi connectivity index (χ3n) is 3.18. The lowest BCUT2D eigenvalue weighted by Crippen LogP contribution is -2.31. The quantitative estimate of drug-likeness (QED) is 0.626. The molecule has 1 saturated heterocycles. The summed E-state index contributed by atoms with van der Waals surface area (Å²) >= 11 is 1.82. The van der Waals surface area contributed by atoms with Gasteiger partial charge in [-0.3, -0.25) is 0 Å². The minimum absolute atomic E-state index is 0.171. The molecule has 1 aliphatic heterocycles. The van der Waals surface area contributed by atoms with E-state index < -0.39 is 12.2 Å². The van der Waals surface area contributed by atoms with Gasteiger partial charge in [0.25, 0.3) is 0 Å². The molecule has 4 heteroatoms. The van der Waals surface area contributed by atoms with E-state index in [1.807, 2.05) is 11.8 Å². The van der Waals surface area contributed by atoms with E-state index in [4.69, 9.17) is 4.74 Å². The highest BCUT2D eigenvalue weighted by molar-refractivity contribution is 7.99. The van der Waals surface area contributed by atoms with Gasteiger partial charge in [-0.05, 0) is 12.2 Å². The van der Waals surface area contributed by atoms with Crippen molar-refractivity contribution in [3.63, 3.8) is 0 Å². The molecule has 1 heterocycles. The van der Waals surface area contributed by atoms with Gasteiger partial charge in [-0.2, -0.15) is 11.8 Å². The summed E-state index contributed by atoms with van der Waals surface area (Å²) in [5.74, 6) is 1.93. The van der Waals surface area contributed by atoms with Crippen LogP contribution in [0.15, 0.2) is 0 Å². The first-order valence-corrected chi connectivity index (χ1v) is 7.96. The van der Waals surface area contributed by atoms with Crippen molar-refractivity contribution in [2.24, 2.45) is 0 Å². The van der Waals surface area contributed by atoms with E-state index in [0.29, 0.717) is 0 Å². The summed E-state index contributed by atoms with van der Waals surface area (Å²) in [4.78, 5) is 0. The summed E-state index contributed by atoms with van der Waals surface area (Å²) in [5.41, 5.74) is 0. The number of rotatable bonds is 9. The molecule has 17 heavy (non-hydrogen) atoms. The summed E-state index contributed by atoms with van der Waals surface area (Å²) in [6.07, 6.45) is 6.37. The molecule has 102 valence electrons. The molecule has 0 aliphatic carbocycles. The molecule has 0 aromatic heterocycles. The first kappa shape index (κ1) is 15.3. The van der Waals surface area contributed by atoms with Gasteiger partial charge in [0.05, 0.1) is 12.7 Å². The Morgan fingerprint density at radius 2 is 1.82 bits per heavy atom. The molecule has 0 bridgehead atoms. The molecule has 3 nitrogen and oxygen atoms in total. The Morgan fingerprint density at radius 3 is 2.47 bits per heavy atom. The molecule has 1 rings (SSSR count). The van der Waals surface area contributed by atoms with Gasteiger partial charge >= 0.3 is 0 Å². The Labute approximate surface area is 109 Å². The lowest BCUT2D eigenvalue weighted by Gasteiger charge is -2.13. The van der Waals surface area contributed by atoms with Gasteiger partial charge in [0.1, 0.15) is 12.2 Å². The van der Waals surface area contributed by atoms with Crippen molar-refractivity contribution in [1.82, 2.24) is 0 Å². The molecule has 1 aliphatic rings. The first-order chi connectivity index (χ1) is 8.25. The number of ether oxygens (including phenoxy) is 1. The maximum atomic E-state index is 9.57. The molecule has 0 aromatic carbocycles. The molecular formula is C13H26O3S. The third kappa shape index (κ3) is 6.09. The fourth-order valence-corrected chi connectivity index (χ4v) is 3.10. The van der Waals surface area contributed by atoms with E-state index in [1.54, 1.807) is 0 Å². The Hall–Kier alpha value is 0.230. The topological polar surface area (TPSA) is 49.7 Å². The summed E-state index contributed by atoms with van der Waals surface area (Å²) in [6.45, 7) is 2.51. The van der Waals surface area contributed by atoms with Crippen molar-refractivity contribution in [3.8, 4) is 0 Å². The summed E-state index contributed by atoms with van der Waals surface area (Å²) in [6, 6.07) is 0. The Bertz CT molecular complexity index is 190. The molecule has 0 spiro atoms. The second-order valence-corrected chi connectivity index (χ2v) is 5.92. The SMILES string of the molecule is CCCCCCCCSCC1OCC(O)C1O. The monoisotopic (exact) mass is 262 g/mol. The van der Waals surface area contributed by atoms with Crippen molar-refractivity contribution in [1.29, 1.82) is 0 Å². The highest BCUT2D eigenvalue weighted by Gasteiger charge is 2.33. The number of hydrogen-bond acceptors (Lipinski definition) is 4. The largest absolute Gasteiger partial charge is 0.388 e. The lowest BCUT2D eigenvalue weighted by atomic mass is 10.1. The number of thioether (sulfide) groups is 1. The maximum absolute atomic E-state index is 9.57. The molecule has 0 saturated carbocycles. The average Bonchev–Trinajstić information content (AvgIpc) is 2.64. The normalized spacial score (nSPS) is 28.8. The second-order valence-electron chi connectivity index (χ2n) is 4.77. The minimum Gasteiger partial charge on any atom is -0.388 e. The third-order valence-corrected chi connectivity index (χ3v) is 4.32. The van der Waals surface area contributed by atoms with Gasteiger partial charge in [-0.25, -0.2) is 0 Å². The fraction of sp³-hybridized carbons (Fsp3) is 1.00. The molecule has 3 unspecified atom stereocenters. The molecule has 0 radical (unpaired) electrons. The Morgan fingerprint density at radius 1 is 1.12 bits per heavy atom. The molecule has 2 N–H and O–H groups in total. The van der Waals surface area contributed by atoms with E-state index in [-0.39, 0.29) is 12.7 Å². The van der Waals surface area contributed by atoms with Crippen molar-refractivity contribution < 1.29 is 14.9 Å². The van der Waals surface area contributed by atoms with Gasteiger partial charge in [0.15, 0.2) is 0 Å². The predicted molar refractivity (Wildman–Crippen MR) is 72.5 cm³/mol. The van der Waals surface area contributed by atoms with Crippen LogP contribution in [-0.4, -0.2) is 46.6 Å². The van der Waals surface area contributed by atoms with Crippen molar-refractivity contribution in [2.75, 3.05) is 18.1 Å². The van der Waals surface area contributed by atoms with E-state index in [2.05, 4.69) is 6.92 Å². The van der Waals surface area contributed by atoms with Crippen LogP contribution in [0.5, 0.6) is 0 Å². The van der Waals surface area contributed by atoms with Gasteiger partial charge in [-0.15, -0.1) is 0 Å². The minimum atomic E-state index is -0.688. The smallest absolute Gasteiger partial charge is 0.109 e. The van der Waals surface area contributed by atoms with Crippen LogP contribution in [0.2, 0.25) is 0 Å². The number of hydrogen-bond donors (Lipinski definition) is 2. The van der Waals surface area contributed by atoms with Crippen molar-refractivity contribution >= 4 is 11.8 Å². The zero-order valence-electron chi connectivity index (χ0n) is 10.8. The molecule has 0 aromatic rings. The highest BCUT2D eigenvalue weighted by atomic mass is 32.2. The zero-order chi connectivity index (χ0) is 12.5. The van der Waals surface area contributed by atoms with Crippen LogP contribution in [0.25, 0.3) is 0 Å². The standard InChI is InChI=1S/C13H26O3S/c1-2-3-4-5-6-7-8-17-10-12-13(15)11(14)9-16-12/h11-15H,2-10H2,1H3. The van der Waals surface area contributed by atoms with Crippen molar-refractivity contribution in [3.05, 3.63) is 0 Å². The molecular weight excluding hydrogens is 236 g/mol. The number of aliphatic hydroxyl groups is 2. The first-order valence-electron chi connectivity index (χ1n) is 6.81. The van der Waals surface area contributed by atoms with Crippen LogP contribution in [0.1, 0.15) is 45.4 Å². The average molecular weight is 262 g/mol. The van der Waals surface area contributed by atoms with Crippen molar-refractivity contribution in [2.45, 2.75) is 63.8 Å². The second kappa shape index (κ2) is 9.20. The summed E-state index contributed by atoms with van der Waals surface area (Å²) in [7, 11) is 0. The van der Waals surface area contributed by atoms with E-state index in [0.717, 1.165) is 11.5 Å². The van der Waals surface area contributed by atoms with Gasteiger partial charge in [0.2, 0.25) is 0 Å². The van der Waals surface area contributed by atoms with E-state index in [1.165, 1.54) is 38.5 Å². The maximum Gasteiger partial charge on any atom is 0.109 e. The van der Waals surface area contributed by atoms with Gasteiger partial charge < -0.3 is 14.9 Å². The van der Waals surface area contributed by atoms with Crippen LogP contribution in [0.4, 0.5) is 0 Å². The zero-order valence-corrected chi connectivity index (χ0v) is 11.6. The number of unbranched alkanes of at least 4 members (excludes halogenated alkanes) is 5. The van der Waals surface area contributed by atoms with Crippen LogP contribution in [0.3, 0.4) is 0 Å². The summed E-state index contributed by atoms with van der Waals surface area (Å²) < 4.78 is 5.32. The Kier molecular flexibility index (Phi) is 8.27.